The number of aliphatic hydroxyl groups is 1. The van der Waals surface area contributed by atoms with Crippen molar-refractivity contribution in [3.05, 3.63) is 11.6 Å². The molecule has 3 nitrogen and oxygen atoms in total. The summed E-state index contributed by atoms with van der Waals surface area (Å²) in [4.78, 5) is 11.7. The van der Waals surface area contributed by atoms with Gasteiger partial charge in [0.15, 0.2) is 0 Å². The molecule has 3 heteroatoms. The fraction of sp³-hybridized carbons (Fsp3) is 0.812. The van der Waals surface area contributed by atoms with Gasteiger partial charge in [-0.15, -0.1) is 0 Å². The Labute approximate surface area is 118 Å². The van der Waals surface area contributed by atoms with Crippen molar-refractivity contribution in [2.24, 2.45) is 11.3 Å². The van der Waals surface area contributed by atoms with Crippen molar-refractivity contribution >= 4 is 5.97 Å². The van der Waals surface area contributed by atoms with Gasteiger partial charge in [-0.2, -0.15) is 0 Å². The molecular formula is C16H30O3. The van der Waals surface area contributed by atoms with Crippen LogP contribution in [0.15, 0.2) is 11.6 Å². The van der Waals surface area contributed by atoms with Gasteiger partial charge in [-0.05, 0) is 54.4 Å². The Morgan fingerprint density at radius 1 is 1.26 bits per heavy atom. The summed E-state index contributed by atoms with van der Waals surface area (Å²) in [6, 6.07) is 0. The summed E-state index contributed by atoms with van der Waals surface area (Å²) in [7, 11) is 0. The number of carbonyl (C=O) groups excluding carboxylic acids is 1. The molecule has 0 bridgehead atoms. The lowest BCUT2D eigenvalue weighted by molar-refractivity contribution is -0.157. The molecule has 0 aromatic heterocycles. The molecule has 0 aromatic carbocycles. The second kappa shape index (κ2) is 7.09. The summed E-state index contributed by atoms with van der Waals surface area (Å²) in [5.74, 6) is -0.302. The topological polar surface area (TPSA) is 46.5 Å². The van der Waals surface area contributed by atoms with E-state index in [0.717, 1.165) is 6.42 Å². The van der Waals surface area contributed by atoms with Gasteiger partial charge in [-0.3, -0.25) is 4.79 Å². The number of rotatable bonds is 6. The highest BCUT2D eigenvalue weighted by Gasteiger charge is 2.30. The third-order valence-corrected chi connectivity index (χ3v) is 3.34. The summed E-state index contributed by atoms with van der Waals surface area (Å²) < 4.78 is 5.27. The fourth-order valence-corrected chi connectivity index (χ4v) is 1.50. The molecule has 0 amide bonds. The summed E-state index contributed by atoms with van der Waals surface area (Å²) in [5.41, 5.74) is -0.0554. The van der Waals surface area contributed by atoms with Crippen LogP contribution in [0.2, 0.25) is 0 Å². The van der Waals surface area contributed by atoms with Crippen molar-refractivity contribution in [2.75, 3.05) is 6.61 Å². The number of allylic oxidation sites excluding steroid dienone is 2. The number of esters is 1. The zero-order valence-corrected chi connectivity index (χ0v) is 13.5. The first-order valence-electron chi connectivity index (χ1n) is 7.00. The van der Waals surface area contributed by atoms with Gasteiger partial charge in [-0.25, -0.2) is 0 Å². The van der Waals surface area contributed by atoms with Crippen molar-refractivity contribution < 1.29 is 14.6 Å². The molecule has 0 saturated carbocycles. The highest BCUT2D eigenvalue weighted by Crippen LogP contribution is 2.24. The molecule has 0 fully saturated rings. The van der Waals surface area contributed by atoms with Crippen LogP contribution in [0.1, 0.15) is 61.3 Å². The van der Waals surface area contributed by atoms with Crippen LogP contribution in [0.25, 0.3) is 0 Å². The van der Waals surface area contributed by atoms with E-state index >= 15 is 0 Å². The predicted molar refractivity (Wildman–Crippen MR) is 78.9 cm³/mol. The van der Waals surface area contributed by atoms with Gasteiger partial charge in [0, 0.05) is 5.92 Å². The molecule has 0 aromatic rings. The van der Waals surface area contributed by atoms with Crippen LogP contribution in [0.5, 0.6) is 0 Å². The first-order chi connectivity index (χ1) is 8.47. The van der Waals surface area contributed by atoms with Gasteiger partial charge in [0.25, 0.3) is 0 Å². The molecule has 0 saturated heterocycles. The van der Waals surface area contributed by atoms with Gasteiger partial charge in [0.2, 0.25) is 0 Å². The van der Waals surface area contributed by atoms with Gasteiger partial charge >= 0.3 is 5.97 Å². The molecule has 1 N–H and O–H groups in total. The van der Waals surface area contributed by atoms with Crippen molar-refractivity contribution in [1.29, 1.82) is 0 Å². The molecule has 0 unspecified atom stereocenters. The summed E-state index contributed by atoms with van der Waals surface area (Å²) >= 11 is 0. The van der Waals surface area contributed by atoms with Crippen LogP contribution in [-0.2, 0) is 9.53 Å². The molecule has 0 spiro atoms. The van der Waals surface area contributed by atoms with E-state index in [-0.39, 0.29) is 18.5 Å². The SMILES string of the molecule is CC(C)=CCC[C@](C)(O)[C@@H](C)COC(=O)C(C)(C)C. The summed E-state index contributed by atoms with van der Waals surface area (Å²) in [6.45, 7) is 13.6. The highest BCUT2D eigenvalue weighted by atomic mass is 16.5. The fourth-order valence-electron chi connectivity index (χ4n) is 1.50. The van der Waals surface area contributed by atoms with Crippen molar-refractivity contribution in [3.8, 4) is 0 Å². The van der Waals surface area contributed by atoms with E-state index in [0.29, 0.717) is 6.42 Å². The number of hydrogen-bond acceptors (Lipinski definition) is 3. The lowest BCUT2D eigenvalue weighted by Crippen LogP contribution is -2.37. The third kappa shape index (κ3) is 7.36. The minimum atomic E-state index is -0.815. The molecular weight excluding hydrogens is 240 g/mol. The quantitative estimate of drug-likeness (QED) is 0.591. The lowest BCUT2D eigenvalue weighted by Gasteiger charge is -2.30. The van der Waals surface area contributed by atoms with E-state index in [9.17, 15) is 9.90 Å². The first-order valence-corrected chi connectivity index (χ1v) is 7.00. The zero-order valence-electron chi connectivity index (χ0n) is 13.5. The van der Waals surface area contributed by atoms with Crippen LogP contribution < -0.4 is 0 Å². The highest BCUT2D eigenvalue weighted by molar-refractivity contribution is 5.75. The van der Waals surface area contributed by atoms with E-state index in [4.69, 9.17) is 4.74 Å². The Morgan fingerprint density at radius 2 is 1.79 bits per heavy atom. The predicted octanol–water partition coefficient (Wildman–Crippen LogP) is 3.71. The molecule has 0 radical (unpaired) electrons. The Hall–Kier alpha value is -0.830. The smallest absolute Gasteiger partial charge is 0.311 e. The molecule has 0 aliphatic rings. The van der Waals surface area contributed by atoms with Crippen LogP contribution in [0.3, 0.4) is 0 Å². The molecule has 0 heterocycles. The molecule has 0 aliphatic carbocycles. The van der Waals surface area contributed by atoms with E-state index in [2.05, 4.69) is 6.08 Å². The minimum Gasteiger partial charge on any atom is -0.465 e. The van der Waals surface area contributed by atoms with E-state index in [1.807, 2.05) is 41.5 Å². The first kappa shape index (κ1) is 18.2. The maximum absolute atomic E-state index is 11.7. The Bertz CT molecular complexity index is 317. The molecule has 19 heavy (non-hydrogen) atoms. The van der Waals surface area contributed by atoms with Crippen molar-refractivity contribution in [3.63, 3.8) is 0 Å². The van der Waals surface area contributed by atoms with Crippen molar-refractivity contribution in [1.82, 2.24) is 0 Å². The minimum absolute atomic E-state index is 0.0793. The largest absolute Gasteiger partial charge is 0.465 e. The normalized spacial score (nSPS) is 16.4. The molecule has 0 aliphatic heterocycles. The van der Waals surface area contributed by atoms with Crippen LogP contribution in [0, 0.1) is 11.3 Å². The van der Waals surface area contributed by atoms with Crippen LogP contribution in [0.4, 0.5) is 0 Å². The summed E-state index contributed by atoms with van der Waals surface area (Å²) in [6.07, 6.45) is 3.63. The second-order valence-corrected chi connectivity index (χ2v) is 6.93. The van der Waals surface area contributed by atoms with Gasteiger partial charge in [0.05, 0.1) is 17.6 Å². The van der Waals surface area contributed by atoms with E-state index < -0.39 is 11.0 Å². The Kier molecular flexibility index (Phi) is 6.78. The summed E-state index contributed by atoms with van der Waals surface area (Å²) in [5, 5.41) is 10.4. The van der Waals surface area contributed by atoms with Gasteiger partial charge in [0.1, 0.15) is 0 Å². The Morgan fingerprint density at radius 3 is 2.21 bits per heavy atom. The lowest BCUT2D eigenvalue weighted by atomic mass is 9.86. The van der Waals surface area contributed by atoms with Gasteiger partial charge < -0.3 is 9.84 Å². The monoisotopic (exact) mass is 270 g/mol. The van der Waals surface area contributed by atoms with Gasteiger partial charge in [-0.1, -0.05) is 18.6 Å². The molecule has 0 rings (SSSR count). The second-order valence-electron chi connectivity index (χ2n) is 6.93. The van der Waals surface area contributed by atoms with E-state index in [1.165, 1.54) is 5.57 Å². The number of hydrogen-bond donors (Lipinski definition) is 1. The Balaban J connectivity index is 4.28. The third-order valence-electron chi connectivity index (χ3n) is 3.34. The van der Waals surface area contributed by atoms with Crippen LogP contribution >= 0.6 is 0 Å². The zero-order chi connectivity index (χ0) is 15.3. The average molecular weight is 270 g/mol. The standard InChI is InChI=1S/C16H30O3/c1-12(2)9-8-10-16(7,18)13(3)11-19-14(17)15(4,5)6/h9,13,18H,8,10-11H2,1-7H3/t13-,16-/m0/s1. The van der Waals surface area contributed by atoms with Crippen molar-refractivity contribution in [2.45, 2.75) is 66.9 Å². The molecule has 2 atom stereocenters. The average Bonchev–Trinajstić information content (AvgIpc) is 2.22. The number of ether oxygens (including phenoxy) is 1. The van der Waals surface area contributed by atoms with Crippen LogP contribution in [-0.4, -0.2) is 23.3 Å². The van der Waals surface area contributed by atoms with E-state index in [1.54, 1.807) is 6.92 Å². The maximum Gasteiger partial charge on any atom is 0.311 e. The maximum atomic E-state index is 11.7. The molecule has 112 valence electrons. The number of carbonyl (C=O) groups is 1.